The van der Waals surface area contributed by atoms with Crippen LogP contribution in [0.3, 0.4) is 0 Å². The number of nitrogens with zero attached hydrogens (tertiary/aromatic N) is 5. The zero-order chi connectivity index (χ0) is 24.7. The van der Waals surface area contributed by atoms with Gasteiger partial charge in [0.05, 0.1) is 17.2 Å². The van der Waals surface area contributed by atoms with E-state index in [4.69, 9.17) is 0 Å². The number of pyridine rings is 1. The molecular weight excluding hydrogens is 464 g/mol. The molecule has 180 valence electrons. The molecule has 34 heavy (non-hydrogen) atoms. The monoisotopic (exact) mass is 483 g/mol. The Kier molecular flexibility index (Phi) is 6.09. The SMILES string of the molecule is CC(c1ncnn1-c1ccccn1)N(CC1CC1)C(=O)c1cc(C(F)(F)F)cc(C(F)(F)F)c1. The number of alkyl halides is 6. The number of halogens is 6. The van der Waals surface area contributed by atoms with Crippen LogP contribution in [0, 0.1) is 5.92 Å². The first-order chi connectivity index (χ1) is 15.9. The summed E-state index contributed by atoms with van der Waals surface area (Å²) in [4.78, 5) is 23.0. The minimum atomic E-state index is -5.05. The van der Waals surface area contributed by atoms with Crippen molar-refractivity contribution < 1.29 is 31.1 Å². The number of hydrogen-bond donors (Lipinski definition) is 0. The second-order valence-corrected chi connectivity index (χ2v) is 8.09. The lowest BCUT2D eigenvalue weighted by Crippen LogP contribution is -2.37. The molecule has 3 aromatic rings. The molecule has 1 aromatic carbocycles. The lowest BCUT2D eigenvalue weighted by Gasteiger charge is -2.29. The van der Waals surface area contributed by atoms with E-state index in [-0.39, 0.29) is 24.4 Å². The van der Waals surface area contributed by atoms with Gasteiger partial charge < -0.3 is 4.90 Å². The largest absolute Gasteiger partial charge is 0.416 e. The number of rotatable bonds is 6. The van der Waals surface area contributed by atoms with Crippen LogP contribution in [-0.4, -0.2) is 37.1 Å². The van der Waals surface area contributed by atoms with Crippen molar-refractivity contribution in [2.75, 3.05) is 6.54 Å². The van der Waals surface area contributed by atoms with Gasteiger partial charge in [-0.15, -0.1) is 0 Å². The normalized spacial score (nSPS) is 15.3. The van der Waals surface area contributed by atoms with Crippen molar-refractivity contribution in [3.05, 3.63) is 71.4 Å². The molecule has 1 fully saturated rings. The Morgan fingerprint density at radius 3 is 2.24 bits per heavy atom. The Morgan fingerprint density at radius 2 is 1.71 bits per heavy atom. The molecule has 0 N–H and O–H groups in total. The molecular formula is C22H19F6N5O. The summed E-state index contributed by atoms with van der Waals surface area (Å²) in [7, 11) is 0. The molecule has 2 heterocycles. The number of aromatic nitrogens is 4. The Morgan fingerprint density at radius 1 is 1.06 bits per heavy atom. The summed E-state index contributed by atoms with van der Waals surface area (Å²) in [5, 5.41) is 4.12. The highest BCUT2D eigenvalue weighted by Crippen LogP contribution is 2.38. The van der Waals surface area contributed by atoms with Crippen molar-refractivity contribution >= 4 is 5.91 Å². The van der Waals surface area contributed by atoms with E-state index in [1.54, 1.807) is 25.1 Å². The highest BCUT2D eigenvalue weighted by Gasteiger charge is 2.39. The van der Waals surface area contributed by atoms with Crippen LogP contribution < -0.4 is 0 Å². The molecule has 1 saturated carbocycles. The van der Waals surface area contributed by atoms with E-state index in [0.717, 1.165) is 12.8 Å². The lowest BCUT2D eigenvalue weighted by atomic mass is 10.0. The van der Waals surface area contributed by atoms with Crippen LogP contribution >= 0.6 is 0 Å². The molecule has 0 bridgehead atoms. The quantitative estimate of drug-likeness (QED) is 0.446. The van der Waals surface area contributed by atoms with Crippen LogP contribution in [0.1, 0.15) is 53.1 Å². The van der Waals surface area contributed by atoms with Crippen molar-refractivity contribution in [3.8, 4) is 5.82 Å². The maximum Gasteiger partial charge on any atom is 0.416 e. The minimum Gasteiger partial charge on any atom is -0.328 e. The summed E-state index contributed by atoms with van der Waals surface area (Å²) in [6.45, 7) is 1.76. The molecule has 12 heteroatoms. The third kappa shape index (κ3) is 5.05. The van der Waals surface area contributed by atoms with Gasteiger partial charge in [-0.2, -0.15) is 36.1 Å². The van der Waals surface area contributed by atoms with Gasteiger partial charge in [0, 0.05) is 18.3 Å². The summed E-state index contributed by atoms with van der Waals surface area (Å²) in [6, 6.07) is 5.16. The number of amides is 1. The van der Waals surface area contributed by atoms with Crippen LogP contribution in [0.2, 0.25) is 0 Å². The Labute approximate surface area is 190 Å². The van der Waals surface area contributed by atoms with E-state index in [9.17, 15) is 31.1 Å². The van der Waals surface area contributed by atoms with Gasteiger partial charge in [-0.1, -0.05) is 6.07 Å². The van der Waals surface area contributed by atoms with E-state index in [1.165, 1.54) is 22.1 Å². The van der Waals surface area contributed by atoms with Gasteiger partial charge in [-0.05, 0) is 56.0 Å². The molecule has 0 spiro atoms. The van der Waals surface area contributed by atoms with E-state index in [1.807, 2.05) is 0 Å². The summed E-state index contributed by atoms with van der Waals surface area (Å²) >= 11 is 0. The zero-order valence-corrected chi connectivity index (χ0v) is 17.8. The summed E-state index contributed by atoms with van der Waals surface area (Å²) in [5.41, 5.74) is -3.78. The predicted molar refractivity (Wildman–Crippen MR) is 108 cm³/mol. The van der Waals surface area contributed by atoms with Crippen LogP contribution in [0.15, 0.2) is 48.9 Å². The molecule has 1 amide bonds. The molecule has 2 aromatic heterocycles. The van der Waals surface area contributed by atoms with E-state index >= 15 is 0 Å². The highest BCUT2D eigenvalue weighted by atomic mass is 19.4. The van der Waals surface area contributed by atoms with Crippen molar-refractivity contribution in [1.29, 1.82) is 0 Å². The number of carbonyl (C=O) groups excluding carboxylic acids is 1. The van der Waals surface area contributed by atoms with E-state index in [2.05, 4.69) is 15.1 Å². The average molecular weight is 483 g/mol. The highest BCUT2D eigenvalue weighted by molar-refractivity contribution is 5.95. The molecule has 1 unspecified atom stereocenters. The van der Waals surface area contributed by atoms with Gasteiger partial charge in [0.25, 0.3) is 5.91 Å². The average Bonchev–Trinajstić information content (AvgIpc) is 3.48. The van der Waals surface area contributed by atoms with Gasteiger partial charge in [-0.3, -0.25) is 4.79 Å². The van der Waals surface area contributed by atoms with Crippen LogP contribution in [0.25, 0.3) is 5.82 Å². The molecule has 0 radical (unpaired) electrons. The molecule has 0 aliphatic heterocycles. The fourth-order valence-electron chi connectivity index (χ4n) is 3.57. The Balaban J connectivity index is 1.75. The molecule has 4 rings (SSSR count). The maximum absolute atomic E-state index is 13.4. The van der Waals surface area contributed by atoms with Gasteiger partial charge in [0.2, 0.25) is 0 Å². The number of benzene rings is 1. The second-order valence-electron chi connectivity index (χ2n) is 8.09. The first kappa shape index (κ1) is 23.7. The van der Waals surface area contributed by atoms with E-state index < -0.39 is 41.0 Å². The summed E-state index contributed by atoms with van der Waals surface area (Å²) in [6.07, 6.45) is -5.73. The van der Waals surface area contributed by atoms with Gasteiger partial charge in [-0.25, -0.2) is 9.97 Å². The maximum atomic E-state index is 13.4. The number of hydrogen-bond acceptors (Lipinski definition) is 4. The van der Waals surface area contributed by atoms with Crippen LogP contribution in [0.5, 0.6) is 0 Å². The minimum absolute atomic E-state index is 0.00311. The number of carbonyl (C=O) groups is 1. The Bertz CT molecular complexity index is 1140. The fourth-order valence-corrected chi connectivity index (χ4v) is 3.57. The van der Waals surface area contributed by atoms with Crippen molar-refractivity contribution in [2.24, 2.45) is 5.92 Å². The molecule has 6 nitrogen and oxygen atoms in total. The fraction of sp³-hybridized carbons (Fsp3) is 0.364. The summed E-state index contributed by atoms with van der Waals surface area (Å²) < 4.78 is 81.3. The first-order valence-corrected chi connectivity index (χ1v) is 10.4. The first-order valence-electron chi connectivity index (χ1n) is 10.4. The molecule has 1 atom stereocenters. The zero-order valence-electron chi connectivity index (χ0n) is 17.8. The predicted octanol–water partition coefficient (Wildman–Crippen LogP) is 5.31. The second kappa shape index (κ2) is 8.73. The van der Waals surface area contributed by atoms with Crippen molar-refractivity contribution in [3.63, 3.8) is 0 Å². The molecule has 1 aliphatic carbocycles. The van der Waals surface area contributed by atoms with Crippen LogP contribution in [0.4, 0.5) is 26.3 Å². The van der Waals surface area contributed by atoms with Gasteiger partial charge in [0.1, 0.15) is 6.33 Å². The van der Waals surface area contributed by atoms with Gasteiger partial charge >= 0.3 is 12.4 Å². The third-order valence-corrected chi connectivity index (χ3v) is 5.53. The Hall–Kier alpha value is -3.44. The molecule has 0 saturated heterocycles. The van der Waals surface area contributed by atoms with Crippen LogP contribution in [-0.2, 0) is 12.4 Å². The van der Waals surface area contributed by atoms with Gasteiger partial charge in [0.15, 0.2) is 11.6 Å². The van der Waals surface area contributed by atoms with Crippen molar-refractivity contribution in [1.82, 2.24) is 24.6 Å². The van der Waals surface area contributed by atoms with Crippen molar-refractivity contribution in [2.45, 2.75) is 38.2 Å². The third-order valence-electron chi connectivity index (χ3n) is 5.53. The molecule has 1 aliphatic rings. The topological polar surface area (TPSA) is 63.9 Å². The smallest absolute Gasteiger partial charge is 0.328 e. The standard InChI is InChI=1S/C22H19F6N5O/c1-13(19-30-12-31-33(19)18-4-2-3-7-29-18)32(11-14-5-6-14)20(34)15-8-16(21(23,24)25)10-17(9-15)22(26,27)28/h2-4,7-10,12-14H,5-6,11H2,1H3. The summed E-state index contributed by atoms with van der Waals surface area (Å²) in [5.74, 6) is -0.174. The van der Waals surface area contributed by atoms with E-state index in [0.29, 0.717) is 18.0 Å². The lowest BCUT2D eigenvalue weighted by molar-refractivity contribution is -0.143.